The smallest absolute Gasteiger partial charge is 0.334 e. The zero-order valence-corrected chi connectivity index (χ0v) is 16.5. The molecule has 0 spiro atoms. The third-order valence-corrected chi connectivity index (χ3v) is 5.75. The molecule has 1 saturated heterocycles. The predicted octanol–water partition coefficient (Wildman–Crippen LogP) is 3.15. The van der Waals surface area contributed by atoms with Crippen molar-refractivity contribution < 1.29 is 19.4 Å². The Morgan fingerprint density at radius 3 is 2.81 bits per heavy atom. The molecule has 0 aromatic heterocycles. The molecule has 1 aliphatic heterocycles. The summed E-state index contributed by atoms with van der Waals surface area (Å²) in [5, 5.41) is 13.6. The number of carbonyl (C=O) groups is 2. The van der Waals surface area contributed by atoms with Crippen molar-refractivity contribution in [2.24, 2.45) is 0 Å². The Hall–Kier alpha value is -2.26. The van der Waals surface area contributed by atoms with Crippen LogP contribution in [0.2, 0.25) is 0 Å². The van der Waals surface area contributed by atoms with E-state index in [0.717, 1.165) is 42.5 Å². The maximum absolute atomic E-state index is 12.6. The molecular formula is C18H21N3O4S2. The predicted molar refractivity (Wildman–Crippen MR) is 108 cm³/mol. The van der Waals surface area contributed by atoms with Crippen molar-refractivity contribution in [2.45, 2.75) is 38.1 Å². The SMILES string of the molecule is COc1cc(/C=C2\SC(=S)N(NC(=O)NC3CCCCC3)C2=O)ccc1O. The van der Waals surface area contributed by atoms with Crippen molar-refractivity contribution >= 4 is 46.3 Å². The van der Waals surface area contributed by atoms with Crippen LogP contribution in [0.5, 0.6) is 11.5 Å². The monoisotopic (exact) mass is 407 g/mol. The highest BCUT2D eigenvalue weighted by atomic mass is 32.2. The summed E-state index contributed by atoms with van der Waals surface area (Å²) in [7, 11) is 1.45. The van der Waals surface area contributed by atoms with Crippen LogP contribution in [-0.2, 0) is 4.79 Å². The number of thioether (sulfide) groups is 1. The maximum Gasteiger partial charge on any atom is 0.334 e. The van der Waals surface area contributed by atoms with E-state index in [0.29, 0.717) is 16.2 Å². The molecule has 0 bridgehead atoms. The second-order valence-electron chi connectivity index (χ2n) is 6.37. The van der Waals surface area contributed by atoms with Gasteiger partial charge in [-0.25, -0.2) is 10.2 Å². The number of hydrogen-bond donors (Lipinski definition) is 3. The molecular weight excluding hydrogens is 386 g/mol. The number of phenolic OH excluding ortho intramolecular Hbond substituents is 1. The van der Waals surface area contributed by atoms with E-state index in [2.05, 4.69) is 10.7 Å². The molecule has 3 N–H and O–H groups in total. The van der Waals surface area contributed by atoms with Gasteiger partial charge in [-0.05, 0) is 48.8 Å². The highest BCUT2D eigenvalue weighted by Gasteiger charge is 2.34. The van der Waals surface area contributed by atoms with E-state index in [1.807, 2.05) is 0 Å². The van der Waals surface area contributed by atoms with Crippen molar-refractivity contribution in [1.29, 1.82) is 0 Å². The number of hydrogen-bond acceptors (Lipinski definition) is 6. The maximum atomic E-state index is 12.6. The molecule has 2 fully saturated rings. The summed E-state index contributed by atoms with van der Waals surface area (Å²) in [5.74, 6) is -0.0664. The van der Waals surface area contributed by atoms with Crippen LogP contribution >= 0.6 is 24.0 Å². The number of ether oxygens (including phenoxy) is 1. The first kappa shape index (κ1) is 19.5. The second kappa shape index (κ2) is 8.62. The zero-order valence-electron chi connectivity index (χ0n) is 14.9. The van der Waals surface area contributed by atoms with Crippen LogP contribution in [0.3, 0.4) is 0 Å². The van der Waals surface area contributed by atoms with Crippen LogP contribution in [0, 0.1) is 0 Å². The summed E-state index contributed by atoms with van der Waals surface area (Å²) in [5.41, 5.74) is 3.22. The Kier molecular flexibility index (Phi) is 6.22. The number of aromatic hydroxyl groups is 1. The average molecular weight is 408 g/mol. The van der Waals surface area contributed by atoms with E-state index in [1.165, 1.54) is 19.6 Å². The molecule has 0 radical (unpaired) electrons. The third-order valence-electron chi connectivity index (χ3n) is 4.45. The Morgan fingerprint density at radius 1 is 1.37 bits per heavy atom. The number of methoxy groups -OCH3 is 1. The molecule has 9 heteroatoms. The molecule has 1 saturated carbocycles. The molecule has 3 amide bonds. The summed E-state index contributed by atoms with van der Waals surface area (Å²) in [6.45, 7) is 0. The summed E-state index contributed by atoms with van der Waals surface area (Å²) < 4.78 is 5.33. The Labute approximate surface area is 167 Å². The Bertz CT molecular complexity index is 791. The number of nitrogens with zero attached hydrogens (tertiary/aromatic N) is 1. The fraction of sp³-hybridized carbons (Fsp3) is 0.389. The van der Waals surface area contributed by atoms with Crippen molar-refractivity contribution in [1.82, 2.24) is 15.8 Å². The number of amides is 3. The van der Waals surface area contributed by atoms with Gasteiger partial charge < -0.3 is 15.2 Å². The van der Waals surface area contributed by atoms with E-state index in [1.54, 1.807) is 18.2 Å². The second-order valence-corrected chi connectivity index (χ2v) is 8.04. The lowest BCUT2D eigenvalue weighted by Crippen LogP contribution is -2.51. The Morgan fingerprint density at radius 2 is 2.11 bits per heavy atom. The van der Waals surface area contributed by atoms with Crippen LogP contribution in [-0.4, -0.2) is 39.5 Å². The molecule has 1 heterocycles. The fourth-order valence-electron chi connectivity index (χ4n) is 3.07. The lowest BCUT2D eigenvalue weighted by Gasteiger charge is -2.24. The van der Waals surface area contributed by atoms with Gasteiger partial charge in [0.2, 0.25) is 0 Å². The van der Waals surface area contributed by atoms with E-state index < -0.39 is 11.9 Å². The highest BCUT2D eigenvalue weighted by molar-refractivity contribution is 8.26. The van der Waals surface area contributed by atoms with Gasteiger partial charge in [-0.3, -0.25) is 4.79 Å². The van der Waals surface area contributed by atoms with Crippen LogP contribution in [0.1, 0.15) is 37.7 Å². The largest absolute Gasteiger partial charge is 0.504 e. The summed E-state index contributed by atoms with van der Waals surface area (Å²) in [4.78, 5) is 25.2. The summed E-state index contributed by atoms with van der Waals surface area (Å²) in [6.07, 6.45) is 6.95. The number of nitrogens with one attached hydrogen (secondary N) is 2. The van der Waals surface area contributed by atoms with E-state index in [9.17, 15) is 14.7 Å². The van der Waals surface area contributed by atoms with E-state index in [4.69, 9.17) is 17.0 Å². The quantitative estimate of drug-likeness (QED) is 0.525. The molecule has 3 rings (SSSR count). The molecule has 144 valence electrons. The topological polar surface area (TPSA) is 90.9 Å². The van der Waals surface area contributed by atoms with Gasteiger partial charge in [-0.2, -0.15) is 5.01 Å². The van der Waals surface area contributed by atoms with Crippen LogP contribution in [0.15, 0.2) is 23.1 Å². The number of carbonyl (C=O) groups excluding carboxylic acids is 2. The number of rotatable bonds is 4. The van der Waals surface area contributed by atoms with Gasteiger partial charge >= 0.3 is 6.03 Å². The molecule has 7 nitrogen and oxygen atoms in total. The molecule has 1 aromatic rings. The van der Waals surface area contributed by atoms with Gasteiger partial charge in [0.25, 0.3) is 5.91 Å². The minimum atomic E-state index is -0.425. The van der Waals surface area contributed by atoms with Crippen LogP contribution < -0.4 is 15.5 Å². The minimum Gasteiger partial charge on any atom is -0.504 e. The van der Waals surface area contributed by atoms with Crippen LogP contribution in [0.25, 0.3) is 6.08 Å². The van der Waals surface area contributed by atoms with Gasteiger partial charge in [-0.1, -0.05) is 37.1 Å². The van der Waals surface area contributed by atoms with Crippen molar-refractivity contribution in [3.63, 3.8) is 0 Å². The first-order chi connectivity index (χ1) is 13.0. The molecule has 1 aromatic carbocycles. The van der Waals surface area contributed by atoms with Crippen molar-refractivity contribution in [3.05, 3.63) is 28.7 Å². The van der Waals surface area contributed by atoms with Crippen molar-refractivity contribution in [2.75, 3.05) is 7.11 Å². The lowest BCUT2D eigenvalue weighted by molar-refractivity contribution is -0.123. The summed E-state index contributed by atoms with van der Waals surface area (Å²) >= 11 is 6.33. The third kappa shape index (κ3) is 4.72. The number of benzene rings is 1. The lowest BCUT2D eigenvalue weighted by atomic mass is 9.96. The Balaban J connectivity index is 1.66. The standard InChI is InChI=1S/C18H21N3O4S2/c1-25-14-9-11(7-8-13(14)22)10-15-16(23)21(18(26)27-15)20-17(24)19-12-5-3-2-4-6-12/h7-10,12,22H,2-6H2,1H3,(H2,19,20,24)/b15-10-. The molecule has 0 unspecified atom stereocenters. The molecule has 2 aliphatic rings. The van der Waals surface area contributed by atoms with Crippen molar-refractivity contribution in [3.8, 4) is 11.5 Å². The molecule has 1 aliphatic carbocycles. The normalized spacial score (nSPS) is 19.4. The van der Waals surface area contributed by atoms with Crippen LogP contribution in [0.4, 0.5) is 4.79 Å². The molecule has 27 heavy (non-hydrogen) atoms. The number of phenols is 1. The average Bonchev–Trinajstić information content (AvgIpc) is 2.91. The first-order valence-electron chi connectivity index (χ1n) is 8.70. The number of urea groups is 1. The fourth-order valence-corrected chi connectivity index (χ4v) is 4.25. The van der Waals surface area contributed by atoms with Gasteiger partial charge in [-0.15, -0.1) is 0 Å². The number of hydrazine groups is 1. The van der Waals surface area contributed by atoms with Gasteiger partial charge in [0, 0.05) is 6.04 Å². The van der Waals surface area contributed by atoms with Gasteiger partial charge in [0.1, 0.15) is 0 Å². The zero-order chi connectivity index (χ0) is 19.4. The first-order valence-corrected chi connectivity index (χ1v) is 9.92. The molecule has 0 atom stereocenters. The highest BCUT2D eigenvalue weighted by Crippen LogP contribution is 2.33. The van der Waals surface area contributed by atoms with Gasteiger partial charge in [0.05, 0.1) is 12.0 Å². The number of thiocarbonyl (C=S) groups is 1. The van der Waals surface area contributed by atoms with E-state index >= 15 is 0 Å². The van der Waals surface area contributed by atoms with E-state index in [-0.39, 0.29) is 16.1 Å². The minimum absolute atomic E-state index is 0.0169. The summed E-state index contributed by atoms with van der Waals surface area (Å²) in [6, 6.07) is 4.47. The van der Waals surface area contributed by atoms with Gasteiger partial charge in [0.15, 0.2) is 15.8 Å².